The largest absolute Gasteiger partial charge is 0.367 e. The van der Waals surface area contributed by atoms with E-state index in [1.165, 1.54) is 6.42 Å². The SMILES string of the molecule is CCC1CCN(c2cc(-c3ccc(C#N)cc3)c(-c3ccc(N(C)C)nc3)n(C)c2=O)CC1. The highest BCUT2D eigenvalue weighted by Crippen LogP contribution is 2.34. The van der Waals surface area contributed by atoms with Gasteiger partial charge in [0.25, 0.3) is 5.56 Å². The van der Waals surface area contributed by atoms with Gasteiger partial charge < -0.3 is 14.4 Å². The van der Waals surface area contributed by atoms with Crippen molar-refractivity contribution in [1.29, 1.82) is 5.26 Å². The molecule has 1 aromatic carbocycles. The van der Waals surface area contributed by atoms with Crippen molar-refractivity contribution in [3.8, 4) is 28.5 Å². The van der Waals surface area contributed by atoms with Crippen molar-refractivity contribution in [3.63, 3.8) is 0 Å². The maximum atomic E-state index is 13.5. The molecule has 0 amide bonds. The number of nitriles is 1. The van der Waals surface area contributed by atoms with Gasteiger partial charge in [-0.25, -0.2) is 4.98 Å². The highest BCUT2D eigenvalue weighted by Gasteiger charge is 2.23. The number of piperidine rings is 1. The number of rotatable bonds is 5. The fourth-order valence-corrected chi connectivity index (χ4v) is 4.61. The quantitative estimate of drug-likeness (QED) is 0.575. The number of benzene rings is 1. The van der Waals surface area contributed by atoms with Crippen molar-refractivity contribution in [3.05, 3.63) is 64.6 Å². The van der Waals surface area contributed by atoms with Gasteiger partial charge in [-0.1, -0.05) is 25.5 Å². The van der Waals surface area contributed by atoms with Crippen LogP contribution < -0.4 is 15.4 Å². The summed E-state index contributed by atoms with van der Waals surface area (Å²) in [6, 6.07) is 15.7. The van der Waals surface area contributed by atoms with E-state index in [0.717, 1.165) is 65.7 Å². The molecular weight excluding hydrogens is 410 g/mol. The van der Waals surface area contributed by atoms with Gasteiger partial charge in [-0.2, -0.15) is 5.26 Å². The molecule has 0 unspecified atom stereocenters. The Bertz CT molecular complexity index is 1210. The van der Waals surface area contributed by atoms with E-state index in [1.807, 2.05) is 74.7 Å². The van der Waals surface area contributed by atoms with Crippen molar-refractivity contribution in [2.45, 2.75) is 26.2 Å². The molecule has 0 radical (unpaired) electrons. The van der Waals surface area contributed by atoms with Crippen LogP contribution in [0.25, 0.3) is 22.4 Å². The lowest BCUT2D eigenvalue weighted by atomic mass is 9.93. The van der Waals surface area contributed by atoms with Gasteiger partial charge in [-0.15, -0.1) is 0 Å². The minimum Gasteiger partial charge on any atom is -0.367 e. The molecule has 1 aliphatic rings. The molecule has 0 atom stereocenters. The summed E-state index contributed by atoms with van der Waals surface area (Å²) in [6.07, 6.45) is 5.24. The first-order valence-electron chi connectivity index (χ1n) is 11.6. The Morgan fingerprint density at radius 3 is 2.30 bits per heavy atom. The zero-order valence-electron chi connectivity index (χ0n) is 19.9. The van der Waals surface area contributed by atoms with Crippen LogP contribution in [-0.4, -0.2) is 36.7 Å². The fourth-order valence-electron chi connectivity index (χ4n) is 4.61. The van der Waals surface area contributed by atoms with E-state index >= 15 is 0 Å². The average Bonchev–Trinajstić information content (AvgIpc) is 2.86. The summed E-state index contributed by atoms with van der Waals surface area (Å²) in [5, 5.41) is 9.22. The number of aromatic nitrogens is 2. The van der Waals surface area contributed by atoms with E-state index in [9.17, 15) is 10.1 Å². The van der Waals surface area contributed by atoms with Gasteiger partial charge in [-0.3, -0.25) is 4.79 Å². The summed E-state index contributed by atoms with van der Waals surface area (Å²) in [4.78, 5) is 22.3. The molecule has 0 saturated carbocycles. The van der Waals surface area contributed by atoms with E-state index in [0.29, 0.717) is 5.56 Å². The molecule has 0 N–H and O–H groups in total. The normalized spacial score (nSPS) is 14.2. The predicted octanol–water partition coefficient (Wildman–Crippen LogP) is 4.68. The molecule has 0 aliphatic carbocycles. The lowest BCUT2D eigenvalue weighted by Gasteiger charge is -2.33. The van der Waals surface area contributed by atoms with Gasteiger partial charge in [0.2, 0.25) is 0 Å². The Labute approximate surface area is 195 Å². The summed E-state index contributed by atoms with van der Waals surface area (Å²) < 4.78 is 1.75. The minimum absolute atomic E-state index is 0.00836. The van der Waals surface area contributed by atoms with Crippen molar-refractivity contribution in [2.75, 3.05) is 37.0 Å². The monoisotopic (exact) mass is 441 g/mol. The van der Waals surface area contributed by atoms with Gasteiger partial charge in [0.15, 0.2) is 0 Å². The molecule has 1 fully saturated rings. The third-order valence-electron chi connectivity index (χ3n) is 6.73. The standard InChI is InChI=1S/C27H31N5O/c1-5-19-12-14-32(15-13-19)24-16-23(21-8-6-20(17-28)7-9-21)26(31(4)27(24)33)22-10-11-25(29-18-22)30(2)3/h6-11,16,18-19H,5,12-15H2,1-4H3. The maximum Gasteiger partial charge on any atom is 0.274 e. The summed E-state index contributed by atoms with van der Waals surface area (Å²) in [6.45, 7) is 4.05. The smallest absolute Gasteiger partial charge is 0.274 e. The Morgan fingerprint density at radius 1 is 1.09 bits per heavy atom. The Kier molecular flexibility index (Phi) is 6.50. The van der Waals surface area contributed by atoms with Crippen LogP contribution in [0.2, 0.25) is 0 Å². The molecule has 1 aliphatic heterocycles. The summed E-state index contributed by atoms with van der Waals surface area (Å²) in [7, 11) is 5.75. The molecule has 2 aromatic heterocycles. The number of hydrogen-bond acceptors (Lipinski definition) is 5. The zero-order valence-corrected chi connectivity index (χ0v) is 19.9. The van der Waals surface area contributed by atoms with Crippen LogP contribution in [0.1, 0.15) is 31.7 Å². The topological polar surface area (TPSA) is 65.2 Å². The zero-order chi connectivity index (χ0) is 23.5. The Hall–Kier alpha value is -3.59. The van der Waals surface area contributed by atoms with Crippen LogP contribution in [0.4, 0.5) is 11.5 Å². The van der Waals surface area contributed by atoms with E-state index < -0.39 is 0 Å². The van der Waals surface area contributed by atoms with Gasteiger partial charge >= 0.3 is 0 Å². The van der Waals surface area contributed by atoms with E-state index in [1.54, 1.807) is 4.57 Å². The maximum absolute atomic E-state index is 13.5. The van der Waals surface area contributed by atoms with Gasteiger partial charge in [-0.05, 0) is 54.7 Å². The second-order valence-electron chi connectivity index (χ2n) is 8.98. The number of hydrogen-bond donors (Lipinski definition) is 0. The second kappa shape index (κ2) is 9.50. The van der Waals surface area contributed by atoms with E-state index in [4.69, 9.17) is 0 Å². The first-order valence-corrected chi connectivity index (χ1v) is 11.6. The molecule has 33 heavy (non-hydrogen) atoms. The molecule has 0 spiro atoms. The average molecular weight is 442 g/mol. The third kappa shape index (κ3) is 4.49. The molecular formula is C27H31N5O. The lowest BCUT2D eigenvalue weighted by Crippen LogP contribution is -2.38. The highest BCUT2D eigenvalue weighted by molar-refractivity contribution is 5.83. The molecule has 3 aromatic rings. The molecule has 170 valence electrons. The fraction of sp³-hybridized carbons (Fsp3) is 0.370. The van der Waals surface area contributed by atoms with Crippen LogP contribution in [0.5, 0.6) is 0 Å². The first kappa shape index (κ1) is 22.6. The minimum atomic E-state index is 0.00836. The molecule has 6 nitrogen and oxygen atoms in total. The predicted molar refractivity (Wildman–Crippen MR) is 135 cm³/mol. The van der Waals surface area contributed by atoms with Gasteiger partial charge in [0, 0.05) is 51.6 Å². The summed E-state index contributed by atoms with van der Waals surface area (Å²) in [5.74, 6) is 1.60. The highest BCUT2D eigenvalue weighted by atomic mass is 16.1. The molecule has 1 saturated heterocycles. The molecule has 4 rings (SSSR count). The molecule has 3 heterocycles. The van der Waals surface area contributed by atoms with Crippen LogP contribution in [0.15, 0.2) is 53.5 Å². The first-order chi connectivity index (χ1) is 15.9. The van der Waals surface area contributed by atoms with Crippen LogP contribution in [-0.2, 0) is 7.05 Å². The van der Waals surface area contributed by atoms with Crippen LogP contribution in [0.3, 0.4) is 0 Å². The van der Waals surface area contributed by atoms with Gasteiger partial charge in [0.1, 0.15) is 11.5 Å². The van der Waals surface area contributed by atoms with Crippen molar-refractivity contribution in [2.24, 2.45) is 13.0 Å². The number of anilines is 2. The van der Waals surface area contributed by atoms with Crippen molar-refractivity contribution in [1.82, 2.24) is 9.55 Å². The molecule has 0 bridgehead atoms. The van der Waals surface area contributed by atoms with E-state index in [2.05, 4.69) is 22.9 Å². The number of pyridine rings is 2. The second-order valence-corrected chi connectivity index (χ2v) is 8.98. The van der Waals surface area contributed by atoms with E-state index in [-0.39, 0.29) is 5.56 Å². The lowest BCUT2D eigenvalue weighted by molar-refractivity contribution is 0.394. The van der Waals surface area contributed by atoms with Crippen molar-refractivity contribution >= 4 is 11.5 Å². The number of nitrogens with zero attached hydrogens (tertiary/aromatic N) is 5. The van der Waals surface area contributed by atoms with Gasteiger partial charge in [0.05, 0.1) is 17.3 Å². The summed E-state index contributed by atoms with van der Waals surface area (Å²) >= 11 is 0. The Morgan fingerprint density at radius 2 is 1.76 bits per heavy atom. The molecule has 6 heteroatoms. The van der Waals surface area contributed by atoms with Crippen molar-refractivity contribution < 1.29 is 0 Å². The Balaban J connectivity index is 1.87. The van der Waals surface area contributed by atoms with Crippen LogP contribution >= 0.6 is 0 Å². The summed E-state index contributed by atoms with van der Waals surface area (Å²) in [5.41, 5.74) is 5.02. The van der Waals surface area contributed by atoms with Crippen LogP contribution in [0, 0.1) is 17.2 Å². The third-order valence-corrected chi connectivity index (χ3v) is 6.73.